The van der Waals surface area contributed by atoms with Gasteiger partial charge >= 0.3 is 0 Å². The molecule has 30 heavy (non-hydrogen) atoms. The highest BCUT2D eigenvalue weighted by Crippen LogP contribution is 2.22. The first-order valence-corrected chi connectivity index (χ1v) is 10.0. The number of carbonyl (C=O) groups is 1. The van der Waals surface area contributed by atoms with Crippen molar-refractivity contribution in [2.75, 3.05) is 13.2 Å². The summed E-state index contributed by atoms with van der Waals surface area (Å²) in [6.45, 7) is 1.39. The van der Waals surface area contributed by atoms with Gasteiger partial charge in [-0.25, -0.2) is 0 Å². The number of amides is 1. The Hall–Kier alpha value is -3.52. The minimum Gasteiger partial charge on any atom is -0.379 e. The van der Waals surface area contributed by atoms with E-state index in [9.17, 15) is 4.79 Å². The van der Waals surface area contributed by atoms with Gasteiger partial charge in [-0.3, -0.25) is 14.5 Å². The van der Waals surface area contributed by atoms with Crippen LogP contribution in [0.3, 0.4) is 0 Å². The van der Waals surface area contributed by atoms with Crippen LogP contribution in [0.5, 0.6) is 0 Å². The molecule has 1 fully saturated rings. The van der Waals surface area contributed by atoms with Gasteiger partial charge in [0.1, 0.15) is 0 Å². The molecule has 0 aliphatic carbocycles. The average Bonchev–Trinajstić information content (AvgIpc) is 3.37. The van der Waals surface area contributed by atoms with Crippen LogP contribution >= 0.6 is 0 Å². The number of rotatable bonds is 3. The highest BCUT2D eigenvalue weighted by Gasteiger charge is 2.20. The number of para-hydroxylation sites is 2. The van der Waals surface area contributed by atoms with Gasteiger partial charge in [0.15, 0.2) is 0 Å². The zero-order valence-corrected chi connectivity index (χ0v) is 16.7. The molecule has 0 radical (unpaired) electrons. The van der Waals surface area contributed by atoms with E-state index in [4.69, 9.17) is 4.74 Å². The van der Waals surface area contributed by atoms with Crippen LogP contribution in [0.2, 0.25) is 0 Å². The predicted molar refractivity (Wildman–Crippen MR) is 112 cm³/mol. The number of nitrogens with one attached hydrogen (secondary N) is 1. The average molecular weight is 402 g/mol. The van der Waals surface area contributed by atoms with Crippen molar-refractivity contribution in [3.63, 3.8) is 0 Å². The molecule has 1 atom stereocenters. The van der Waals surface area contributed by atoms with E-state index < -0.39 is 0 Å². The van der Waals surface area contributed by atoms with Crippen LogP contribution in [0.1, 0.15) is 29.2 Å². The summed E-state index contributed by atoms with van der Waals surface area (Å²) in [5, 5.41) is 4.17. The number of aromatic nitrogens is 5. The Labute approximate surface area is 172 Å². The van der Waals surface area contributed by atoms with E-state index in [0.717, 1.165) is 36.0 Å². The molecule has 1 aromatic carbocycles. The number of carbonyl (C=O) groups excluding carboxylic acids is 1. The fraction of sp³-hybridized carbons (Fsp3) is 0.273. The van der Waals surface area contributed by atoms with E-state index in [2.05, 4.69) is 24.6 Å². The van der Waals surface area contributed by atoms with Gasteiger partial charge in [-0.1, -0.05) is 12.1 Å². The Balaban J connectivity index is 1.57. The fourth-order valence-corrected chi connectivity index (χ4v) is 3.90. The van der Waals surface area contributed by atoms with Gasteiger partial charge in [0.2, 0.25) is 5.62 Å². The van der Waals surface area contributed by atoms with E-state index in [1.165, 1.54) is 0 Å². The lowest BCUT2D eigenvalue weighted by Crippen LogP contribution is -2.30. The highest BCUT2D eigenvalue weighted by molar-refractivity contribution is 5.95. The molecule has 4 heterocycles. The van der Waals surface area contributed by atoms with Crippen molar-refractivity contribution >= 4 is 16.9 Å². The Morgan fingerprint density at radius 1 is 1.30 bits per heavy atom. The smallest absolute Gasteiger partial charge is 0.280 e. The SMILES string of the molecule is Cn1cc(-c2cc(C(=O)/N=c3\[nH]c4ccccc4n3C3CCCOC3)ccn2)cn1. The van der Waals surface area contributed by atoms with Crippen molar-refractivity contribution in [2.45, 2.75) is 18.9 Å². The number of H-pyrrole nitrogens is 1. The van der Waals surface area contributed by atoms with Crippen LogP contribution in [0.4, 0.5) is 0 Å². The Morgan fingerprint density at radius 2 is 2.20 bits per heavy atom. The topological polar surface area (TPSA) is 90.1 Å². The van der Waals surface area contributed by atoms with Crippen molar-refractivity contribution in [3.05, 3.63) is 66.2 Å². The summed E-state index contributed by atoms with van der Waals surface area (Å²) < 4.78 is 9.49. The van der Waals surface area contributed by atoms with Crippen LogP contribution in [0.25, 0.3) is 22.3 Å². The number of hydrogen-bond donors (Lipinski definition) is 1. The van der Waals surface area contributed by atoms with Gasteiger partial charge < -0.3 is 14.3 Å². The third-order valence-corrected chi connectivity index (χ3v) is 5.35. The number of fused-ring (bicyclic) bond motifs is 1. The number of benzene rings is 1. The molecule has 1 N–H and O–H groups in total. The van der Waals surface area contributed by atoms with Gasteiger partial charge in [-0.05, 0) is 37.1 Å². The molecule has 0 spiro atoms. The zero-order valence-electron chi connectivity index (χ0n) is 16.7. The maximum atomic E-state index is 13.0. The monoisotopic (exact) mass is 402 g/mol. The summed E-state index contributed by atoms with van der Waals surface area (Å²) in [7, 11) is 1.84. The molecule has 152 valence electrons. The van der Waals surface area contributed by atoms with Crippen molar-refractivity contribution < 1.29 is 9.53 Å². The maximum Gasteiger partial charge on any atom is 0.280 e. The quantitative estimate of drug-likeness (QED) is 0.571. The zero-order chi connectivity index (χ0) is 20.5. The molecule has 8 heteroatoms. The first-order chi connectivity index (χ1) is 14.7. The number of aromatic amines is 1. The number of imidazole rings is 1. The molecule has 8 nitrogen and oxygen atoms in total. The van der Waals surface area contributed by atoms with Gasteiger partial charge in [-0.2, -0.15) is 10.1 Å². The number of ether oxygens (including phenoxy) is 1. The first-order valence-electron chi connectivity index (χ1n) is 10.0. The van der Waals surface area contributed by atoms with Gasteiger partial charge in [-0.15, -0.1) is 0 Å². The number of pyridine rings is 1. The van der Waals surface area contributed by atoms with Gasteiger partial charge in [0.05, 0.1) is 35.6 Å². The minimum absolute atomic E-state index is 0.143. The standard InChI is InChI=1S/C22H22N6O2/c1-27-13-16(12-24-27)19-11-15(8-9-23-19)21(29)26-22-25-18-6-2-3-7-20(18)28(22)17-5-4-10-30-14-17/h2-3,6-9,11-13,17H,4-5,10,14H2,1H3,(H,25,26,29). The Kier molecular flexibility index (Phi) is 4.76. The van der Waals surface area contributed by atoms with Crippen molar-refractivity contribution in [3.8, 4) is 11.3 Å². The normalized spacial score (nSPS) is 17.5. The van der Waals surface area contributed by atoms with E-state index in [1.54, 1.807) is 29.2 Å². The molecule has 1 aliphatic heterocycles. The molecule has 5 rings (SSSR count). The lowest BCUT2D eigenvalue weighted by Gasteiger charge is -2.24. The van der Waals surface area contributed by atoms with Gasteiger partial charge in [0.25, 0.3) is 5.91 Å². The predicted octanol–water partition coefficient (Wildman–Crippen LogP) is 2.86. The molecular weight excluding hydrogens is 380 g/mol. The molecule has 1 amide bonds. The summed E-state index contributed by atoms with van der Waals surface area (Å²) in [4.78, 5) is 25.1. The molecule has 1 saturated heterocycles. The Morgan fingerprint density at radius 3 is 3.00 bits per heavy atom. The number of aryl methyl sites for hydroxylation is 1. The van der Waals surface area contributed by atoms with E-state index in [0.29, 0.717) is 23.5 Å². The molecule has 1 aliphatic rings. The summed E-state index contributed by atoms with van der Waals surface area (Å²) in [6.07, 6.45) is 7.19. The summed E-state index contributed by atoms with van der Waals surface area (Å²) in [5.41, 5.74) is 4.53. The van der Waals surface area contributed by atoms with Gasteiger partial charge in [0, 0.05) is 37.2 Å². The largest absolute Gasteiger partial charge is 0.379 e. The van der Waals surface area contributed by atoms with Crippen LogP contribution in [0.15, 0.2) is 60.0 Å². The van der Waals surface area contributed by atoms with Crippen molar-refractivity contribution in [1.29, 1.82) is 0 Å². The van der Waals surface area contributed by atoms with Crippen molar-refractivity contribution in [1.82, 2.24) is 24.3 Å². The second-order valence-corrected chi connectivity index (χ2v) is 7.46. The second kappa shape index (κ2) is 7.72. The molecule has 0 saturated carbocycles. The highest BCUT2D eigenvalue weighted by atomic mass is 16.5. The lowest BCUT2D eigenvalue weighted by molar-refractivity contribution is 0.0590. The molecule has 1 unspecified atom stereocenters. The van der Waals surface area contributed by atoms with E-state index in [1.807, 2.05) is 37.5 Å². The van der Waals surface area contributed by atoms with E-state index in [-0.39, 0.29) is 11.9 Å². The third kappa shape index (κ3) is 3.46. The maximum absolute atomic E-state index is 13.0. The second-order valence-electron chi connectivity index (χ2n) is 7.46. The minimum atomic E-state index is -0.320. The molecule has 4 aromatic rings. The summed E-state index contributed by atoms with van der Waals surface area (Å²) in [5.74, 6) is -0.320. The van der Waals surface area contributed by atoms with Crippen LogP contribution in [0, 0.1) is 0 Å². The lowest BCUT2D eigenvalue weighted by atomic mass is 10.1. The molecular formula is C22H22N6O2. The summed E-state index contributed by atoms with van der Waals surface area (Å²) in [6, 6.07) is 11.6. The first kappa shape index (κ1) is 18.5. The third-order valence-electron chi connectivity index (χ3n) is 5.35. The van der Waals surface area contributed by atoms with Crippen LogP contribution in [-0.4, -0.2) is 43.4 Å². The molecule has 0 bridgehead atoms. The summed E-state index contributed by atoms with van der Waals surface area (Å²) >= 11 is 0. The van der Waals surface area contributed by atoms with Crippen LogP contribution < -0.4 is 5.62 Å². The number of hydrogen-bond acceptors (Lipinski definition) is 4. The number of nitrogens with zero attached hydrogens (tertiary/aromatic N) is 5. The fourth-order valence-electron chi connectivity index (χ4n) is 3.90. The van der Waals surface area contributed by atoms with Crippen LogP contribution in [-0.2, 0) is 11.8 Å². The van der Waals surface area contributed by atoms with E-state index >= 15 is 0 Å². The van der Waals surface area contributed by atoms with Crippen molar-refractivity contribution in [2.24, 2.45) is 12.0 Å². The Bertz CT molecular complexity index is 1280. The molecule has 3 aromatic heterocycles.